The summed E-state index contributed by atoms with van der Waals surface area (Å²) in [6, 6.07) is 6.01. The van der Waals surface area contributed by atoms with Gasteiger partial charge in [0, 0.05) is 36.2 Å². The molecule has 0 amide bonds. The van der Waals surface area contributed by atoms with Gasteiger partial charge in [0.15, 0.2) is 0 Å². The molecule has 18 heavy (non-hydrogen) atoms. The second-order valence-corrected chi connectivity index (χ2v) is 5.84. The number of ether oxygens (including phenoxy) is 1. The Labute approximate surface area is 122 Å². The van der Waals surface area contributed by atoms with E-state index in [4.69, 9.17) is 16.3 Å². The molecule has 1 aromatic rings. The van der Waals surface area contributed by atoms with Crippen LogP contribution in [-0.4, -0.2) is 26.8 Å². The number of nitrogens with zero attached hydrogens (tertiary/aromatic N) is 1. The van der Waals surface area contributed by atoms with E-state index < -0.39 is 0 Å². The van der Waals surface area contributed by atoms with Crippen LogP contribution in [0.2, 0.25) is 5.02 Å². The van der Waals surface area contributed by atoms with Crippen LogP contribution in [0.15, 0.2) is 18.2 Å². The maximum Gasteiger partial charge on any atom is 0.0641 e. The fourth-order valence-electron chi connectivity index (χ4n) is 1.89. The van der Waals surface area contributed by atoms with Crippen LogP contribution in [0.4, 0.5) is 5.69 Å². The zero-order valence-corrected chi connectivity index (χ0v) is 13.0. The van der Waals surface area contributed by atoms with E-state index in [2.05, 4.69) is 33.9 Å². The molecule has 0 heterocycles. The third kappa shape index (κ3) is 4.15. The lowest BCUT2D eigenvalue weighted by Gasteiger charge is -2.22. The molecule has 0 radical (unpaired) electrons. The van der Waals surface area contributed by atoms with Crippen molar-refractivity contribution in [2.45, 2.75) is 18.2 Å². The molecule has 2 rings (SSSR count). The number of halogens is 2. The second kappa shape index (κ2) is 6.78. The van der Waals surface area contributed by atoms with Gasteiger partial charge in [-0.1, -0.05) is 27.5 Å². The van der Waals surface area contributed by atoms with Crippen LogP contribution in [0.25, 0.3) is 0 Å². The zero-order valence-electron chi connectivity index (χ0n) is 10.7. The minimum atomic E-state index is 0.784. The molecule has 0 aliphatic heterocycles. The fraction of sp³-hybridized carbons (Fsp3) is 0.571. The van der Waals surface area contributed by atoms with Gasteiger partial charge in [0.05, 0.1) is 6.61 Å². The van der Waals surface area contributed by atoms with Gasteiger partial charge in [-0.05, 0) is 42.5 Å². The van der Waals surface area contributed by atoms with Crippen LogP contribution in [0.3, 0.4) is 0 Å². The first-order chi connectivity index (χ1) is 8.70. The fourth-order valence-corrected chi connectivity index (χ4v) is 2.53. The van der Waals surface area contributed by atoms with E-state index in [1.165, 1.54) is 24.1 Å². The van der Waals surface area contributed by atoms with Crippen molar-refractivity contribution in [3.8, 4) is 0 Å². The highest BCUT2D eigenvalue weighted by atomic mass is 79.9. The van der Waals surface area contributed by atoms with E-state index in [1.54, 1.807) is 0 Å². The van der Waals surface area contributed by atoms with Crippen molar-refractivity contribution >= 4 is 33.2 Å². The van der Waals surface area contributed by atoms with Gasteiger partial charge in [-0.2, -0.15) is 0 Å². The maximum absolute atomic E-state index is 6.00. The SMILES string of the molecule is CN(CCOCC1CC1)c1ccc(Cl)cc1CBr. The van der Waals surface area contributed by atoms with Crippen molar-refractivity contribution in [1.29, 1.82) is 0 Å². The number of hydrogen-bond acceptors (Lipinski definition) is 2. The highest BCUT2D eigenvalue weighted by molar-refractivity contribution is 9.08. The number of alkyl halides is 1. The first kappa shape index (κ1) is 14.2. The minimum Gasteiger partial charge on any atom is -0.379 e. The van der Waals surface area contributed by atoms with Gasteiger partial charge < -0.3 is 9.64 Å². The molecule has 1 saturated carbocycles. The van der Waals surface area contributed by atoms with Crippen LogP contribution in [0.1, 0.15) is 18.4 Å². The molecule has 0 aromatic heterocycles. The van der Waals surface area contributed by atoms with Crippen LogP contribution < -0.4 is 4.90 Å². The summed E-state index contributed by atoms with van der Waals surface area (Å²) in [4.78, 5) is 2.22. The monoisotopic (exact) mass is 331 g/mol. The Morgan fingerprint density at radius 2 is 2.22 bits per heavy atom. The average molecular weight is 333 g/mol. The molecule has 0 spiro atoms. The Hall–Kier alpha value is -0.250. The van der Waals surface area contributed by atoms with Crippen LogP contribution >= 0.6 is 27.5 Å². The predicted molar refractivity (Wildman–Crippen MR) is 80.9 cm³/mol. The van der Waals surface area contributed by atoms with Crippen molar-refractivity contribution in [1.82, 2.24) is 0 Å². The number of rotatable bonds is 7. The van der Waals surface area contributed by atoms with Gasteiger partial charge in [-0.15, -0.1) is 0 Å². The molecule has 2 nitrogen and oxygen atoms in total. The number of benzene rings is 1. The lowest BCUT2D eigenvalue weighted by Crippen LogP contribution is -2.23. The topological polar surface area (TPSA) is 12.5 Å². The molecule has 0 atom stereocenters. The summed E-state index contributed by atoms with van der Waals surface area (Å²) in [5, 5.41) is 1.60. The summed E-state index contributed by atoms with van der Waals surface area (Å²) >= 11 is 9.51. The molecule has 100 valence electrons. The van der Waals surface area contributed by atoms with E-state index in [0.29, 0.717) is 0 Å². The molecule has 0 saturated heterocycles. The Morgan fingerprint density at radius 1 is 1.44 bits per heavy atom. The molecule has 4 heteroatoms. The molecular formula is C14H19BrClNO. The summed E-state index contributed by atoms with van der Waals surface area (Å²) in [7, 11) is 2.09. The second-order valence-electron chi connectivity index (χ2n) is 4.85. The van der Waals surface area contributed by atoms with Gasteiger partial charge in [-0.3, -0.25) is 0 Å². The van der Waals surface area contributed by atoms with Gasteiger partial charge in [0.1, 0.15) is 0 Å². The van der Waals surface area contributed by atoms with Gasteiger partial charge in [-0.25, -0.2) is 0 Å². The smallest absolute Gasteiger partial charge is 0.0641 e. The highest BCUT2D eigenvalue weighted by Gasteiger charge is 2.21. The minimum absolute atomic E-state index is 0.784. The van der Waals surface area contributed by atoms with E-state index in [9.17, 15) is 0 Å². The predicted octanol–water partition coefficient (Wildman–Crippen LogP) is 4.10. The molecule has 0 bridgehead atoms. The van der Waals surface area contributed by atoms with E-state index in [0.717, 1.165) is 36.0 Å². The normalized spacial score (nSPS) is 14.8. The third-order valence-electron chi connectivity index (χ3n) is 3.22. The van der Waals surface area contributed by atoms with Crippen LogP contribution in [-0.2, 0) is 10.1 Å². The lowest BCUT2D eigenvalue weighted by molar-refractivity contribution is 0.131. The first-order valence-corrected chi connectivity index (χ1v) is 7.84. The van der Waals surface area contributed by atoms with Crippen molar-refractivity contribution in [2.24, 2.45) is 5.92 Å². The third-order valence-corrected chi connectivity index (χ3v) is 4.06. The van der Waals surface area contributed by atoms with Gasteiger partial charge in [0.25, 0.3) is 0 Å². The maximum atomic E-state index is 6.00. The first-order valence-electron chi connectivity index (χ1n) is 6.34. The van der Waals surface area contributed by atoms with Crippen molar-refractivity contribution in [3.63, 3.8) is 0 Å². The summed E-state index contributed by atoms with van der Waals surface area (Å²) in [6.45, 7) is 2.63. The van der Waals surface area contributed by atoms with Crippen LogP contribution in [0, 0.1) is 5.92 Å². The summed E-state index contributed by atoms with van der Waals surface area (Å²) in [5.41, 5.74) is 2.43. The Kier molecular flexibility index (Phi) is 5.34. The van der Waals surface area contributed by atoms with E-state index in [-0.39, 0.29) is 0 Å². The molecule has 0 unspecified atom stereocenters. The standard InChI is InChI=1S/C14H19BrClNO/c1-17(6-7-18-10-11-2-3-11)14-5-4-13(16)8-12(14)9-15/h4-5,8,11H,2-3,6-7,9-10H2,1H3. The summed E-state index contributed by atoms with van der Waals surface area (Å²) < 4.78 is 5.67. The number of anilines is 1. The van der Waals surface area contributed by atoms with Gasteiger partial charge >= 0.3 is 0 Å². The molecule has 1 aromatic carbocycles. The Bertz CT molecular complexity index is 395. The zero-order chi connectivity index (χ0) is 13.0. The molecule has 1 aliphatic rings. The van der Waals surface area contributed by atoms with Crippen molar-refractivity contribution in [3.05, 3.63) is 28.8 Å². The number of likely N-dealkylation sites (N-methyl/N-ethyl adjacent to an activating group) is 1. The lowest BCUT2D eigenvalue weighted by atomic mass is 10.2. The average Bonchev–Trinajstić information content (AvgIpc) is 3.18. The van der Waals surface area contributed by atoms with Crippen LogP contribution in [0.5, 0.6) is 0 Å². The quantitative estimate of drug-likeness (QED) is 0.550. The molecular weight excluding hydrogens is 314 g/mol. The molecule has 1 fully saturated rings. The van der Waals surface area contributed by atoms with Crippen molar-refractivity contribution < 1.29 is 4.74 Å². The van der Waals surface area contributed by atoms with E-state index in [1.807, 2.05) is 12.1 Å². The highest BCUT2D eigenvalue weighted by Crippen LogP contribution is 2.29. The summed E-state index contributed by atoms with van der Waals surface area (Å²) in [6.07, 6.45) is 2.70. The van der Waals surface area contributed by atoms with Crippen molar-refractivity contribution in [2.75, 3.05) is 31.7 Å². The van der Waals surface area contributed by atoms with Gasteiger partial charge in [0.2, 0.25) is 0 Å². The Balaban J connectivity index is 1.84. The largest absolute Gasteiger partial charge is 0.379 e. The van der Waals surface area contributed by atoms with E-state index >= 15 is 0 Å². The molecule has 0 N–H and O–H groups in total. The number of hydrogen-bond donors (Lipinski definition) is 0. The summed E-state index contributed by atoms with van der Waals surface area (Å²) in [5.74, 6) is 0.837. The Morgan fingerprint density at radius 3 is 2.89 bits per heavy atom. The molecule has 1 aliphatic carbocycles.